The largest absolute Gasteiger partial charge is 0.501 e. The Bertz CT molecular complexity index is 1000. The van der Waals surface area contributed by atoms with Crippen LogP contribution in [0.4, 0.5) is 4.39 Å². The molecule has 166 valence electrons. The van der Waals surface area contributed by atoms with Crippen LogP contribution in [0.25, 0.3) is 0 Å². The Hall–Kier alpha value is -3.31. The smallest absolute Gasteiger partial charge is 0.296 e. The van der Waals surface area contributed by atoms with Crippen LogP contribution < -0.4 is 16.2 Å². The van der Waals surface area contributed by atoms with E-state index in [1.165, 1.54) is 31.3 Å². The number of nitrogens with zero attached hydrogens (tertiary/aromatic N) is 3. The third kappa shape index (κ3) is 5.64. The molecule has 11 heteroatoms. The second kappa shape index (κ2) is 10.1. The summed E-state index contributed by atoms with van der Waals surface area (Å²) in [6, 6.07) is 5.46. The highest BCUT2D eigenvalue weighted by atomic mass is 19.1. The maximum absolute atomic E-state index is 13.0. The molecular weight excluding hydrogens is 409 g/mol. The first-order chi connectivity index (χ1) is 14.9. The lowest BCUT2D eigenvalue weighted by Crippen LogP contribution is -2.42. The lowest BCUT2D eigenvalue weighted by Gasteiger charge is -2.26. The van der Waals surface area contributed by atoms with E-state index in [0.29, 0.717) is 31.9 Å². The molecule has 1 saturated heterocycles. The van der Waals surface area contributed by atoms with Gasteiger partial charge in [0.05, 0.1) is 13.2 Å². The molecule has 1 aliphatic rings. The van der Waals surface area contributed by atoms with Crippen molar-refractivity contribution in [1.29, 1.82) is 0 Å². The number of aromatic nitrogens is 2. The molecule has 0 spiro atoms. The summed E-state index contributed by atoms with van der Waals surface area (Å²) in [4.78, 5) is 43.3. The second-order valence-electron chi connectivity index (χ2n) is 7.02. The highest BCUT2D eigenvalue weighted by Crippen LogP contribution is 2.10. The van der Waals surface area contributed by atoms with Gasteiger partial charge in [-0.1, -0.05) is 12.1 Å². The van der Waals surface area contributed by atoms with Crippen LogP contribution in [0.1, 0.15) is 26.7 Å². The van der Waals surface area contributed by atoms with Crippen LogP contribution in [0.3, 0.4) is 0 Å². The first-order valence-corrected chi connectivity index (χ1v) is 9.77. The average Bonchev–Trinajstić information content (AvgIpc) is 2.77. The van der Waals surface area contributed by atoms with E-state index < -0.39 is 34.6 Å². The van der Waals surface area contributed by atoms with Crippen LogP contribution in [0, 0.1) is 5.82 Å². The van der Waals surface area contributed by atoms with E-state index in [2.05, 4.69) is 20.5 Å². The number of carbonyl (C=O) groups is 2. The van der Waals surface area contributed by atoms with Crippen molar-refractivity contribution in [2.45, 2.75) is 6.54 Å². The summed E-state index contributed by atoms with van der Waals surface area (Å²) >= 11 is 0. The highest BCUT2D eigenvalue weighted by molar-refractivity contribution is 5.97. The van der Waals surface area contributed by atoms with Gasteiger partial charge >= 0.3 is 0 Å². The number of benzene rings is 1. The molecule has 3 rings (SSSR count). The summed E-state index contributed by atoms with van der Waals surface area (Å²) < 4.78 is 19.1. The number of nitrogens with one attached hydrogen (secondary N) is 2. The molecule has 2 aromatic rings. The van der Waals surface area contributed by atoms with Crippen LogP contribution in [0.2, 0.25) is 0 Å². The fourth-order valence-corrected chi connectivity index (χ4v) is 3.05. The Balaban J connectivity index is 1.68. The predicted octanol–water partition coefficient (Wildman–Crippen LogP) is -0.383. The summed E-state index contributed by atoms with van der Waals surface area (Å²) in [6.45, 7) is 3.76. The quantitative estimate of drug-likeness (QED) is 0.543. The van der Waals surface area contributed by atoms with Gasteiger partial charge in [0.25, 0.3) is 17.4 Å². The van der Waals surface area contributed by atoms with Crippen molar-refractivity contribution in [2.75, 3.05) is 39.4 Å². The number of morpholine rings is 1. The van der Waals surface area contributed by atoms with Gasteiger partial charge in [0, 0.05) is 39.8 Å². The fourth-order valence-electron chi connectivity index (χ4n) is 3.05. The molecule has 0 bridgehead atoms. The Morgan fingerprint density at radius 2 is 1.84 bits per heavy atom. The summed E-state index contributed by atoms with van der Waals surface area (Å²) in [5.41, 5.74) is -0.858. The molecule has 0 saturated carbocycles. The third-order valence-corrected chi connectivity index (χ3v) is 4.87. The van der Waals surface area contributed by atoms with E-state index in [1.807, 2.05) is 0 Å². The van der Waals surface area contributed by atoms with Crippen LogP contribution in [0.5, 0.6) is 5.75 Å². The first-order valence-electron chi connectivity index (χ1n) is 9.77. The summed E-state index contributed by atoms with van der Waals surface area (Å²) in [5.74, 6) is -3.03. The molecule has 1 aromatic heterocycles. The van der Waals surface area contributed by atoms with Gasteiger partial charge in [0.2, 0.25) is 11.6 Å². The van der Waals surface area contributed by atoms with Crippen molar-refractivity contribution >= 4 is 11.8 Å². The number of aromatic hydroxyl groups is 1. The molecule has 1 aromatic carbocycles. The Morgan fingerprint density at radius 1 is 1.16 bits per heavy atom. The molecule has 1 aliphatic heterocycles. The standard InChI is InChI=1S/C20H24FN5O5/c1-25-17(19(29)22-6-7-26-8-10-31-11-9-26)24-15(16(27)20(25)30)18(28)23-12-13-2-4-14(21)5-3-13/h2-5,27H,6-12H2,1H3,(H,22,29)(H,23,28). The molecule has 3 N–H and O–H groups in total. The van der Waals surface area contributed by atoms with E-state index in [9.17, 15) is 23.9 Å². The zero-order valence-electron chi connectivity index (χ0n) is 17.1. The Morgan fingerprint density at radius 3 is 2.52 bits per heavy atom. The SMILES string of the molecule is Cn1c(C(=O)NCCN2CCOCC2)nc(C(=O)NCc2ccc(F)cc2)c(O)c1=O. The first kappa shape index (κ1) is 22.4. The molecule has 2 heterocycles. The number of halogens is 1. The molecular formula is C20H24FN5O5. The molecule has 0 atom stereocenters. The number of hydrogen-bond donors (Lipinski definition) is 3. The molecule has 10 nitrogen and oxygen atoms in total. The lowest BCUT2D eigenvalue weighted by molar-refractivity contribution is 0.0383. The van der Waals surface area contributed by atoms with E-state index in [0.717, 1.165) is 17.7 Å². The molecule has 0 radical (unpaired) electrons. The summed E-state index contributed by atoms with van der Waals surface area (Å²) in [7, 11) is 1.28. The average molecular weight is 433 g/mol. The van der Waals surface area contributed by atoms with Gasteiger partial charge < -0.3 is 20.5 Å². The minimum atomic E-state index is -0.916. The van der Waals surface area contributed by atoms with Crippen LogP contribution in [-0.2, 0) is 18.3 Å². The van der Waals surface area contributed by atoms with Crippen molar-refractivity contribution in [1.82, 2.24) is 25.1 Å². The normalized spacial score (nSPS) is 14.3. The summed E-state index contributed by atoms with van der Waals surface area (Å²) in [5, 5.41) is 15.2. The summed E-state index contributed by atoms with van der Waals surface area (Å²) in [6.07, 6.45) is 0. The van der Waals surface area contributed by atoms with Crippen LogP contribution in [0.15, 0.2) is 29.1 Å². The zero-order valence-corrected chi connectivity index (χ0v) is 17.1. The number of hydrogen-bond acceptors (Lipinski definition) is 7. The second-order valence-corrected chi connectivity index (χ2v) is 7.02. The molecule has 0 unspecified atom stereocenters. The Kier molecular flexibility index (Phi) is 7.32. The van der Waals surface area contributed by atoms with Gasteiger partial charge in [-0.3, -0.25) is 23.9 Å². The van der Waals surface area contributed by atoms with Crippen molar-refractivity contribution < 1.29 is 23.8 Å². The number of amides is 2. The van der Waals surface area contributed by atoms with E-state index in [-0.39, 0.29) is 12.4 Å². The van der Waals surface area contributed by atoms with Gasteiger partial charge in [-0.2, -0.15) is 0 Å². The highest BCUT2D eigenvalue weighted by Gasteiger charge is 2.23. The zero-order chi connectivity index (χ0) is 22.4. The monoisotopic (exact) mass is 433 g/mol. The van der Waals surface area contributed by atoms with Crippen LogP contribution in [-0.4, -0.2) is 70.8 Å². The van der Waals surface area contributed by atoms with E-state index in [1.54, 1.807) is 0 Å². The van der Waals surface area contributed by atoms with Crippen LogP contribution >= 0.6 is 0 Å². The van der Waals surface area contributed by atoms with Gasteiger partial charge in [-0.25, -0.2) is 9.37 Å². The lowest BCUT2D eigenvalue weighted by atomic mass is 10.2. The minimum Gasteiger partial charge on any atom is -0.501 e. The number of carbonyl (C=O) groups excluding carboxylic acids is 2. The van der Waals surface area contributed by atoms with Gasteiger partial charge in [-0.15, -0.1) is 0 Å². The fraction of sp³-hybridized carbons (Fsp3) is 0.400. The van der Waals surface area contributed by atoms with Crippen molar-refractivity contribution in [2.24, 2.45) is 7.05 Å². The predicted molar refractivity (Wildman–Crippen MR) is 108 cm³/mol. The topological polar surface area (TPSA) is 126 Å². The van der Waals surface area contributed by atoms with Gasteiger partial charge in [-0.05, 0) is 17.7 Å². The van der Waals surface area contributed by atoms with E-state index in [4.69, 9.17) is 4.74 Å². The molecule has 1 fully saturated rings. The maximum Gasteiger partial charge on any atom is 0.296 e. The third-order valence-electron chi connectivity index (χ3n) is 4.87. The Labute approximate surface area is 177 Å². The van der Waals surface area contributed by atoms with Gasteiger partial charge in [0.1, 0.15) is 5.82 Å². The van der Waals surface area contributed by atoms with E-state index >= 15 is 0 Å². The van der Waals surface area contributed by atoms with Gasteiger partial charge in [0.15, 0.2) is 5.69 Å². The minimum absolute atomic E-state index is 0.0243. The number of rotatable bonds is 7. The maximum atomic E-state index is 13.0. The molecule has 2 amide bonds. The number of ether oxygens (including phenoxy) is 1. The van der Waals surface area contributed by atoms with Crippen molar-refractivity contribution in [3.63, 3.8) is 0 Å². The van der Waals surface area contributed by atoms with Crippen molar-refractivity contribution in [3.8, 4) is 5.75 Å². The van der Waals surface area contributed by atoms with Crippen molar-refractivity contribution in [3.05, 3.63) is 57.5 Å². The molecule has 0 aliphatic carbocycles. The molecule has 31 heavy (non-hydrogen) atoms.